The number of hydrogen-bond donors (Lipinski definition) is 0. The number of para-hydroxylation sites is 5. The summed E-state index contributed by atoms with van der Waals surface area (Å²) in [6, 6.07) is 83.1. The molecular weight excluding hydrogens is 763 g/mol. The van der Waals surface area contributed by atoms with Crippen LogP contribution in [0.2, 0.25) is 0 Å². The van der Waals surface area contributed by atoms with Crippen molar-refractivity contribution in [3.63, 3.8) is 0 Å². The van der Waals surface area contributed by atoms with Gasteiger partial charge in [0.25, 0.3) is 0 Å². The fraction of sp³-hybridized carbons (Fsp3) is 0. The summed E-state index contributed by atoms with van der Waals surface area (Å²) in [7, 11) is 0. The SMILES string of the molecule is c1ccc2c(c1)-c1ccccc1-c1ccc(-n3c4ccccc4c4cc(-n5c6ccccc6c6ccccc65)ccc43)c(-n3c4ccccc4c4ccccc43)c1-c1ccccc1-2. The maximum atomic E-state index is 2.55. The van der Waals surface area contributed by atoms with E-state index >= 15 is 0 Å². The van der Waals surface area contributed by atoms with E-state index in [0.29, 0.717) is 0 Å². The first-order valence-corrected chi connectivity index (χ1v) is 21.8. The lowest BCUT2D eigenvalue weighted by Gasteiger charge is -2.28. The Morgan fingerprint density at radius 2 is 0.571 bits per heavy atom. The van der Waals surface area contributed by atoms with E-state index in [1.54, 1.807) is 0 Å². The van der Waals surface area contributed by atoms with Gasteiger partial charge >= 0.3 is 0 Å². The molecule has 3 aromatic heterocycles. The molecule has 292 valence electrons. The molecule has 0 spiro atoms. The van der Waals surface area contributed by atoms with Gasteiger partial charge in [0, 0.05) is 43.6 Å². The first-order chi connectivity index (χ1) is 31.3. The van der Waals surface area contributed by atoms with Gasteiger partial charge in [-0.15, -0.1) is 0 Å². The molecule has 1 aliphatic carbocycles. The van der Waals surface area contributed by atoms with Gasteiger partial charge in [0.1, 0.15) is 0 Å². The molecule has 0 aliphatic heterocycles. The zero-order chi connectivity index (χ0) is 41.2. The van der Waals surface area contributed by atoms with Crippen molar-refractivity contribution < 1.29 is 0 Å². The lowest BCUT2D eigenvalue weighted by Crippen LogP contribution is -2.08. The van der Waals surface area contributed by atoms with E-state index in [1.165, 1.54) is 104 Å². The molecule has 13 aromatic rings. The van der Waals surface area contributed by atoms with Crippen molar-refractivity contribution in [2.45, 2.75) is 0 Å². The van der Waals surface area contributed by atoms with Crippen LogP contribution in [-0.2, 0) is 0 Å². The van der Waals surface area contributed by atoms with Crippen molar-refractivity contribution in [1.82, 2.24) is 13.7 Å². The van der Waals surface area contributed by atoms with Crippen LogP contribution in [0.15, 0.2) is 224 Å². The summed E-state index contributed by atoms with van der Waals surface area (Å²) >= 11 is 0. The molecule has 14 rings (SSSR count). The van der Waals surface area contributed by atoms with Crippen molar-refractivity contribution >= 4 is 65.4 Å². The highest BCUT2D eigenvalue weighted by atomic mass is 15.1. The maximum absolute atomic E-state index is 2.55. The molecule has 3 heterocycles. The Balaban J connectivity index is 1.16. The molecule has 0 saturated carbocycles. The minimum atomic E-state index is 1.12. The number of aromatic nitrogens is 3. The molecule has 63 heavy (non-hydrogen) atoms. The lowest BCUT2D eigenvalue weighted by atomic mass is 9.80. The predicted molar refractivity (Wildman–Crippen MR) is 265 cm³/mol. The third kappa shape index (κ3) is 4.74. The molecule has 10 aromatic carbocycles. The van der Waals surface area contributed by atoms with Crippen LogP contribution in [0.3, 0.4) is 0 Å². The average molecular weight is 800 g/mol. The topological polar surface area (TPSA) is 14.8 Å². The van der Waals surface area contributed by atoms with Gasteiger partial charge in [0.05, 0.1) is 44.5 Å². The smallest absolute Gasteiger partial charge is 0.0788 e. The predicted octanol–water partition coefficient (Wildman–Crippen LogP) is 16.0. The average Bonchev–Trinajstić information content (AvgIpc) is 3.99. The van der Waals surface area contributed by atoms with Gasteiger partial charge in [-0.25, -0.2) is 0 Å². The van der Waals surface area contributed by atoms with E-state index in [1.807, 2.05) is 0 Å². The first kappa shape index (κ1) is 34.3. The van der Waals surface area contributed by atoms with Crippen LogP contribution in [0.5, 0.6) is 0 Å². The molecule has 0 atom stereocenters. The zero-order valence-electron chi connectivity index (χ0n) is 34.2. The quantitative estimate of drug-likeness (QED) is 0.169. The molecule has 3 heteroatoms. The van der Waals surface area contributed by atoms with Crippen molar-refractivity contribution in [2.24, 2.45) is 0 Å². The molecule has 1 aliphatic rings. The van der Waals surface area contributed by atoms with Gasteiger partial charge < -0.3 is 13.7 Å². The van der Waals surface area contributed by atoms with Gasteiger partial charge in [-0.3, -0.25) is 0 Å². The summed E-state index contributed by atoms with van der Waals surface area (Å²) in [5.41, 5.74) is 20.3. The van der Waals surface area contributed by atoms with E-state index in [9.17, 15) is 0 Å². The number of hydrogen-bond acceptors (Lipinski definition) is 0. The molecule has 0 radical (unpaired) electrons. The standard InChI is InChI=1S/C60H37N3/c1-2-18-40-39(17-1)41-19-3-4-21-43(41)50-34-36-58(60(59(50)49-27-6-5-20-42(40)49)63-55-31-15-9-24-46(55)47-25-10-16-32-56(47)63)62-54-30-14-11-26-48(54)51-37-38(33-35-57(51)62)61-52-28-12-7-22-44(52)45-23-8-13-29-53(45)61/h1-37H. The maximum Gasteiger partial charge on any atom is 0.0788 e. The molecule has 0 unspecified atom stereocenters. The molecule has 3 nitrogen and oxygen atoms in total. The van der Waals surface area contributed by atoms with Crippen LogP contribution in [0.1, 0.15) is 0 Å². The first-order valence-electron chi connectivity index (χ1n) is 21.8. The second-order valence-corrected chi connectivity index (χ2v) is 16.8. The number of rotatable bonds is 3. The number of nitrogens with zero attached hydrogens (tertiary/aromatic N) is 3. The summed E-state index contributed by atoms with van der Waals surface area (Å²) in [6.07, 6.45) is 0. The third-order valence-electron chi connectivity index (χ3n) is 13.6. The highest BCUT2D eigenvalue weighted by Gasteiger charge is 2.29. The van der Waals surface area contributed by atoms with Crippen LogP contribution in [-0.4, -0.2) is 13.7 Å². The van der Waals surface area contributed by atoms with E-state index in [0.717, 1.165) is 22.6 Å². The Bertz CT molecular complexity index is 3930. The van der Waals surface area contributed by atoms with Crippen LogP contribution in [0.4, 0.5) is 0 Å². The van der Waals surface area contributed by atoms with Crippen LogP contribution in [0, 0.1) is 0 Å². The van der Waals surface area contributed by atoms with Crippen molar-refractivity contribution in [2.75, 3.05) is 0 Å². The second-order valence-electron chi connectivity index (χ2n) is 16.8. The van der Waals surface area contributed by atoms with Crippen LogP contribution in [0.25, 0.3) is 127 Å². The Morgan fingerprint density at radius 1 is 0.222 bits per heavy atom. The summed E-state index contributed by atoms with van der Waals surface area (Å²) in [6.45, 7) is 0. The molecular formula is C60H37N3. The summed E-state index contributed by atoms with van der Waals surface area (Å²) in [5, 5.41) is 7.42. The molecule has 0 amide bonds. The summed E-state index contributed by atoms with van der Waals surface area (Å²) in [4.78, 5) is 0. The minimum absolute atomic E-state index is 1.12. The molecule has 0 saturated heterocycles. The van der Waals surface area contributed by atoms with Crippen LogP contribution >= 0.6 is 0 Å². The van der Waals surface area contributed by atoms with Crippen molar-refractivity contribution in [3.05, 3.63) is 224 Å². The fourth-order valence-electron chi connectivity index (χ4n) is 11.0. The third-order valence-corrected chi connectivity index (χ3v) is 13.6. The fourth-order valence-corrected chi connectivity index (χ4v) is 11.0. The molecule has 0 bridgehead atoms. The second kappa shape index (κ2) is 13.1. The Hall–Kier alpha value is -8.40. The van der Waals surface area contributed by atoms with Gasteiger partial charge in [0.15, 0.2) is 0 Å². The summed E-state index contributed by atoms with van der Waals surface area (Å²) < 4.78 is 7.51. The van der Waals surface area contributed by atoms with Gasteiger partial charge in [-0.05, 0) is 93.5 Å². The van der Waals surface area contributed by atoms with Gasteiger partial charge in [-0.2, -0.15) is 0 Å². The molecule has 0 fully saturated rings. The van der Waals surface area contributed by atoms with E-state index in [2.05, 4.69) is 238 Å². The highest BCUT2D eigenvalue weighted by molar-refractivity contribution is 6.15. The van der Waals surface area contributed by atoms with E-state index < -0.39 is 0 Å². The van der Waals surface area contributed by atoms with Gasteiger partial charge in [-0.1, -0.05) is 170 Å². The Kier molecular flexibility index (Phi) is 7.11. The lowest BCUT2D eigenvalue weighted by molar-refractivity contribution is 1.10. The van der Waals surface area contributed by atoms with Crippen molar-refractivity contribution in [1.29, 1.82) is 0 Å². The Labute approximate surface area is 363 Å². The van der Waals surface area contributed by atoms with E-state index in [-0.39, 0.29) is 0 Å². The van der Waals surface area contributed by atoms with E-state index in [4.69, 9.17) is 0 Å². The monoisotopic (exact) mass is 799 g/mol. The zero-order valence-corrected chi connectivity index (χ0v) is 34.2. The summed E-state index contributed by atoms with van der Waals surface area (Å²) in [5.74, 6) is 0. The normalized spacial score (nSPS) is 12.1. The Morgan fingerprint density at radius 3 is 1.06 bits per heavy atom. The molecule has 0 N–H and O–H groups in total. The largest absolute Gasteiger partial charge is 0.309 e. The number of fused-ring (bicyclic) bond motifs is 17. The van der Waals surface area contributed by atoms with Gasteiger partial charge in [0.2, 0.25) is 0 Å². The number of benzene rings is 10. The minimum Gasteiger partial charge on any atom is -0.309 e. The van der Waals surface area contributed by atoms with Crippen LogP contribution < -0.4 is 0 Å². The highest BCUT2D eigenvalue weighted by Crippen LogP contribution is 2.52. The van der Waals surface area contributed by atoms with Crippen molar-refractivity contribution in [3.8, 4) is 61.6 Å².